The number of fused-ring (bicyclic) bond motifs is 3. The molecule has 0 atom stereocenters. The molecule has 0 unspecified atom stereocenters. The lowest BCUT2D eigenvalue weighted by Crippen LogP contribution is -2.10. The highest BCUT2D eigenvalue weighted by molar-refractivity contribution is 6.09. The normalized spacial score (nSPS) is 11.3. The van der Waals surface area contributed by atoms with Gasteiger partial charge in [0.2, 0.25) is 0 Å². The first-order valence-electron chi connectivity index (χ1n) is 9.72. The second-order valence-electron chi connectivity index (χ2n) is 7.34. The van der Waals surface area contributed by atoms with Crippen LogP contribution in [0.5, 0.6) is 5.75 Å². The predicted molar refractivity (Wildman–Crippen MR) is 117 cm³/mol. The van der Waals surface area contributed by atoms with Gasteiger partial charge in [0, 0.05) is 23.6 Å². The number of rotatable bonds is 5. The Kier molecular flexibility index (Phi) is 5.29. The van der Waals surface area contributed by atoms with Gasteiger partial charge in [-0.15, -0.1) is 0 Å². The third-order valence-corrected chi connectivity index (χ3v) is 4.82. The average molecular weight is 405 g/mol. The van der Waals surface area contributed by atoms with E-state index in [1.54, 1.807) is 6.92 Å². The van der Waals surface area contributed by atoms with E-state index in [0.717, 1.165) is 23.1 Å². The van der Waals surface area contributed by atoms with Crippen LogP contribution < -0.4 is 10.3 Å². The summed E-state index contributed by atoms with van der Waals surface area (Å²) in [5.41, 5.74) is 4.00. The molecule has 0 saturated heterocycles. The van der Waals surface area contributed by atoms with Crippen LogP contribution in [0, 0.1) is 0 Å². The Bertz CT molecular complexity index is 1290. The third-order valence-electron chi connectivity index (χ3n) is 4.82. The first-order chi connectivity index (χ1) is 14.5. The van der Waals surface area contributed by atoms with Crippen LogP contribution in [-0.2, 0) is 11.3 Å². The number of hydrogen-bond acceptors (Lipinski definition) is 5. The Labute approximate surface area is 173 Å². The van der Waals surface area contributed by atoms with Crippen LogP contribution in [0.4, 0.5) is 4.79 Å². The molecule has 2 aromatic heterocycles. The molecule has 0 amide bonds. The van der Waals surface area contributed by atoms with Gasteiger partial charge in [0.15, 0.2) is 5.75 Å². The fraction of sp³-hybridized carbons (Fsp3) is 0.217. The molecule has 0 spiro atoms. The highest BCUT2D eigenvalue weighted by Gasteiger charge is 2.16. The molecule has 2 heterocycles. The second kappa shape index (κ2) is 8.04. The minimum Gasteiger partial charge on any atom is -0.434 e. The van der Waals surface area contributed by atoms with Crippen LogP contribution >= 0.6 is 0 Å². The van der Waals surface area contributed by atoms with Crippen molar-refractivity contribution in [2.24, 2.45) is 0 Å². The lowest BCUT2D eigenvalue weighted by atomic mass is 10.00. The minimum atomic E-state index is -0.806. The van der Waals surface area contributed by atoms with Gasteiger partial charge in [0.25, 0.3) is 5.56 Å². The lowest BCUT2D eigenvalue weighted by molar-refractivity contribution is 0.105. The molecule has 154 valence electrons. The number of ether oxygens (including phenoxy) is 2. The molecule has 0 fully saturated rings. The number of aromatic nitrogens is 2. The van der Waals surface area contributed by atoms with Crippen molar-refractivity contribution >= 4 is 28.0 Å². The smallest absolute Gasteiger partial charge is 0.434 e. The lowest BCUT2D eigenvalue weighted by Gasteiger charge is -2.12. The van der Waals surface area contributed by atoms with Gasteiger partial charge in [-0.05, 0) is 55.9 Å². The average Bonchev–Trinajstić information content (AvgIpc) is 3.12. The molecule has 4 aromatic rings. The van der Waals surface area contributed by atoms with Crippen molar-refractivity contribution in [1.29, 1.82) is 0 Å². The maximum Gasteiger partial charge on any atom is 0.513 e. The highest BCUT2D eigenvalue weighted by atomic mass is 16.7. The minimum absolute atomic E-state index is 0.204. The van der Waals surface area contributed by atoms with Crippen LogP contribution in [0.3, 0.4) is 0 Å². The van der Waals surface area contributed by atoms with Crippen LogP contribution in [0.2, 0.25) is 0 Å². The van der Waals surface area contributed by atoms with Crippen LogP contribution in [0.15, 0.2) is 53.5 Å². The zero-order chi connectivity index (χ0) is 21.3. The van der Waals surface area contributed by atoms with Crippen molar-refractivity contribution in [3.8, 4) is 16.9 Å². The number of benzene rings is 2. The van der Waals surface area contributed by atoms with E-state index in [4.69, 9.17) is 9.47 Å². The van der Waals surface area contributed by atoms with Gasteiger partial charge in [-0.25, -0.2) is 4.79 Å². The topological polar surface area (TPSA) is 87.4 Å². The standard InChI is InChI=1S/C23H23N3O4/c1-4-29-23(28)30-19-12-24-21-20(19)17-11-16(8-9-18(17)25-22(21)27)15-7-5-6-14(10-15)13-26(2)3/h5-12,24H,4,13H2,1-3H3,(H,25,27). The van der Waals surface area contributed by atoms with Crippen molar-refractivity contribution in [3.05, 3.63) is 64.6 Å². The van der Waals surface area contributed by atoms with Crippen molar-refractivity contribution in [2.75, 3.05) is 20.7 Å². The number of H-pyrrole nitrogens is 2. The third kappa shape index (κ3) is 3.79. The van der Waals surface area contributed by atoms with E-state index in [1.165, 1.54) is 11.8 Å². The summed E-state index contributed by atoms with van der Waals surface area (Å²) in [7, 11) is 4.07. The number of hydrogen-bond donors (Lipinski definition) is 2. The molecule has 0 radical (unpaired) electrons. The van der Waals surface area contributed by atoms with Crippen molar-refractivity contribution in [1.82, 2.24) is 14.9 Å². The molecule has 0 saturated carbocycles. The molecule has 0 aliphatic heterocycles. The zero-order valence-electron chi connectivity index (χ0n) is 17.1. The number of nitrogens with zero attached hydrogens (tertiary/aromatic N) is 1. The van der Waals surface area contributed by atoms with Crippen LogP contribution in [-0.4, -0.2) is 41.7 Å². The molecule has 2 N–H and O–H groups in total. The molecular formula is C23H23N3O4. The van der Waals surface area contributed by atoms with Gasteiger partial charge in [-0.1, -0.05) is 24.3 Å². The molecule has 7 nitrogen and oxygen atoms in total. The van der Waals surface area contributed by atoms with Gasteiger partial charge in [0.1, 0.15) is 5.52 Å². The number of carbonyl (C=O) groups excluding carboxylic acids is 1. The SMILES string of the molecule is CCOC(=O)Oc1c[nH]c2c(=O)[nH]c3ccc(-c4cccc(CN(C)C)c4)cc3c12. The largest absolute Gasteiger partial charge is 0.513 e. The molecule has 7 heteroatoms. The summed E-state index contributed by atoms with van der Waals surface area (Å²) in [4.78, 5) is 32.2. The Balaban J connectivity index is 1.86. The first kappa shape index (κ1) is 19.7. The van der Waals surface area contributed by atoms with Crippen molar-refractivity contribution in [3.63, 3.8) is 0 Å². The summed E-state index contributed by atoms with van der Waals surface area (Å²) in [5, 5.41) is 1.33. The Morgan fingerprint density at radius 3 is 2.67 bits per heavy atom. The van der Waals surface area contributed by atoms with E-state index in [-0.39, 0.29) is 17.9 Å². The fourth-order valence-corrected chi connectivity index (χ4v) is 3.61. The van der Waals surface area contributed by atoms with E-state index in [1.807, 2.05) is 38.4 Å². The van der Waals surface area contributed by atoms with Gasteiger partial charge in [-0.3, -0.25) is 4.79 Å². The van der Waals surface area contributed by atoms with Crippen molar-refractivity contribution < 1.29 is 14.3 Å². The first-order valence-corrected chi connectivity index (χ1v) is 9.72. The summed E-state index contributed by atoms with van der Waals surface area (Å²) >= 11 is 0. The number of pyridine rings is 1. The Hall–Kier alpha value is -3.58. The van der Waals surface area contributed by atoms with Crippen molar-refractivity contribution in [2.45, 2.75) is 13.5 Å². The van der Waals surface area contributed by atoms with Crippen LogP contribution in [0.1, 0.15) is 12.5 Å². The Morgan fingerprint density at radius 2 is 1.90 bits per heavy atom. The number of carbonyl (C=O) groups is 1. The number of aromatic amines is 2. The molecule has 2 aromatic carbocycles. The maximum atomic E-state index is 12.5. The summed E-state index contributed by atoms with van der Waals surface area (Å²) in [6.45, 7) is 2.75. The second-order valence-corrected chi connectivity index (χ2v) is 7.34. The quantitative estimate of drug-likeness (QED) is 0.484. The van der Waals surface area contributed by atoms with Crippen LogP contribution in [0.25, 0.3) is 32.9 Å². The summed E-state index contributed by atoms with van der Waals surface area (Å²) in [6, 6.07) is 14.2. The van der Waals surface area contributed by atoms with Gasteiger partial charge >= 0.3 is 6.16 Å². The molecule has 0 aliphatic rings. The highest BCUT2D eigenvalue weighted by Crippen LogP contribution is 2.33. The molecule has 4 rings (SSSR count). The molecule has 0 bridgehead atoms. The number of nitrogens with one attached hydrogen (secondary N) is 2. The van der Waals surface area contributed by atoms with E-state index in [2.05, 4.69) is 33.1 Å². The zero-order valence-corrected chi connectivity index (χ0v) is 17.1. The van der Waals surface area contributed by atoms with E-state index < -0.39 is 6.16 Å². The van der Waals surface area contributed by atoms with Gasteiger partial charge in [-0.2, -0.15) is 0 Å². The molecular weight excluding hydrogens is 382 g/mol. The van der Waals surface area contributed by atoms with Gasteiger partial charge in [0.05, 0.1) is 12.0 Å². The summed E-state index contributed by atoms with van der Waals surface area (Å²) < 4.78 is 10.2. The maximum absolute atomic E-state index is 12.5. The summed E-state index contributed by atoms with van der Waals surface area (Å²) in [5.74, 6) is 0.262. The summed E-state index contributed by atoms with van der Waals surface area (Å²) in [6.07, 6.45) is 0.695. The predicted octanol–water partition coefficient (Wildman–Crippen LogP) is 4.27. The fourth-order valence-electron chi connectivity index (χ4n) is 3.61. The molecule has 0 aliphatic carbocycles. The molecule has 30 heavy (non-hydrogen) atoms. The van der Waals surface area contributed by atoms with E-state index >= 15 is 0 Å². The Morgan fingerprint density at radius 1 is 1.10 bits per heavy atom. The van der Waals surface area contributed by atoms with E-state index in [9.17, 15) is 9.59 Å². The van der Waals surface area contributed by atoms with E-state index in [0.29, 0.717) is 16.4 Å². The van der Waals surface area contributed by atoms with Gasteiger partial charge < -0.3 is 24.3 Å². The monoisotopic (exact) mass is 405 g/mol.